The Hall–Kier alpha value is -3.28. The molecule has 0 radical (unpaired) electrons. The largest absolute Gasteiger partial charge is 0.396 e. The Kier molecular flexibility index (Phi) is 7.85. The van der Waals surface area contributed by atoms with E-state index < -0.39 is 21.7 Å². The SMILES string of the molecule is COCC(C)(CO)CC1(CC2(CC(C)(CO)COC)c3ccccc3-c3ccccc32)c2ccccc2-c2ccccc21. The summed E-state index contributed by atoms with van der Waals surface area (Å²) in [4.78, 5) is 0. The summed E-state index contributed by atoms with van der Waals surface area (Å²) in [5, 5.41) is 21.8. The first kappa shape index (κ1) is 29.8. The van der Waals surface area contributed by atoms with E-state index in [1.54, 1.807) is 14.2 Å². The van der Waals surface area contributed by atoms with Crippen molar-refractivity contribution in [3.05, 3.63) is 119 Å². The van der Waals surface area contributed by atoms with Gasteiger partial charge in [0.05, 0.1) is 26.4 Å². The molecule has 0 aromatic heterocycles. The van der Waals surface area contributed by atoms with Gasteiger partial charge in [-0.3, -0.25) is 0 Å². The molecule has 2 aliphatic carbocycles. The summed E-state index contributed by atoms with van der Waals surface area (Å²) in [5.74, 6) is 0. The molecule has 224 valence electrons. The fourth-order valence-electron chi connectivity index (χ4n) is 8.69. The number of rotatable bonds is 12. The lowest BCUT2D eigenvalue weighted by molar-refractivity contribution is 0.00897. The van der Waals surface area contributed by atoms with Crippen LogP contribution in [0.4, 0.5) is 0 Å². The normalized spacial score (nSPS) is 18.2. The molecule has 0 heterocycles. The van der Waals surface area contributed by atoms with Gasteiger partial charge in [-0.15, -0.1) is 0 Å². The maximum atomic E-state index is 10.9. The zero-order valence-corrected chi connectivity index (χ0v) is 25.9. The Morgan fingerprint density at radius 2 is 0.791 bits per heavy atom. The third kappa shape index (κ3) is 4.76. The summed E-state index contributed by atoms with van der Waals surface area (Å²) in [6, 6.07) is 35.3. The highest BCUT2D eigenvalue weighted by molar-refractivity contribution is 5.84. The minimum Gasteiger partial charge on any atom is -0.396 e. The zero-order chi connectivity index (χ0) is 30.3. The number of ether oxygens (including phenoxy) is 2. The van der Waals surface area contributed by atoms with Gasteiger partial charge in [-0.2, -0.15) is 0 Å². The van der Waals surface area contributed by atoms with Crippen LogP contribution < -0.4 is 0 Å². The van der Waals surface area contributed by atoms with E-state index in [-0.39, 0.29) is 13.2 Å². The van der Waals surface area contributed by atoms with Crippen molar-refractivity contribution in [1.82, 2.24) is 0 Å². The molecular weight excluding hydrogens is 532 g/mol. The summed E-state index contributed by atoms with van der Waals surface area (Å²) in [5.41, 5.74) is 8.39. The smallest absolute Gasteiger partial charge is 0.0538 e. The maximum absolute atomic E-state index is 10.9. The first-order valence-electron chi connectivity index (χ1n) is 15.4. The molecular formula is C39H44O4. The van der Waals surface area contributed by atoms with Gasteiger partial charge in [0.25, 0.3) is 0 Å². The molecule has 2 atom stereocenters. The van der Waals surface area contributed by atoms with Gasteiger partial charge >= 0.3 is 0 Å². The summed E-state index contributed by atoms with van der Waals surface area (Å²) in [7, 11) is 3.44. The molecule has 4 aromatic carbocycles. The monoisotopic (exact) mass is 576 g/mol. The van der Waals surface area contributed by atoms with E-state index in [0.29, 0.717) is 26.1 Å². The van der Waals surface area contributed by atoms with E-state index in [4.69, 9.17) is 9.47 Å². The van der Waals surface area contributed by atoms with Gasteiger partial charge in [-0.05, 0) is 63.8 Å². The third-order valence-electron chi connectivity index (χ3n) is 10.2. The molecule has 0 amide bonds. The second-order valence-corrected chi connectivity index (χ2v) is 13.7. The van der Waals surface area contributed by atoms with Crippen LogP contribution in [0.2, 0.25) is 0 Å². The van der Waals surface area contributed by atoms with Crippen molar-refractivity contribution in [2.45, 2.75) is 43.9 Å². The van der Waals surface area contributed by atoms with Crippen molar-refractivity contribution < 1.29 is 19.7 Å². The number of hydrogen-bond acceptors (Lipinski definition) is 4. The van der Waals surface area contributed by atoms with E-state index in [0.717, 1.165) is 6.42 Å². The molecule has 0 aliphatic heterocycles. The first-order valence-corrected chi connectivity index (χ1v) is 15.4. The lowest BCUT2D eigenvalue weighted by atomic mass is 9.55. The molecule has 4 heteroatoms. The van der Waals surface area contributed by atoms with E-state index in [1.807, 2.05) is 0 Å². The zero-order valence-electron chi connectivity index (χ0n) is 25.9. The number of aliphatic hydroxyl groups excluding tert-OH is 2. The Morgan fingerprint density at radius 1 is 0.512 bits per heavy atom. The van der Waals surface area contributed by atoms with Gasteiger partial charge in [0.2, 0.25) is 0 Å². The van der Waals surface area contributed by atoms with Crippen molar-refractivity contribution in [1.29, 1.82) is 0 Å². The van der Waals surface area contributed by atoms with Crippen LogP contribution in [0.25, 0.3) is 22.3 Å². The van der Waals surface area contributed by atoms with Crippen LogP contribution in [0, 0.1) is 10.8 Å². The van der Waals surface area contributed by atoms with Crippen LogP contribution in [0.5, 0.6) is 0 Å². The standard InChI is InChI=1S/C39H44O4/c1-36(24-40,26-42-3)21-38(32-17-9-5-13-28(32)29-14-6-10-18-33(29)38)23-39(22-37(2,25-41)27-43-4)34-19-11-7-15-30(34)31-16-8-12-20-35(31)39/h5-20,40-41H,21-27H2,1-4H3. The molecule has 43 heavy (non-hydrogen) atoms. The van der Waals surface area contributed by atoms with E-state index in [1.165, 1.54) is 44.5 Å². The van der Waals surface area contributed by atoms with Gasteiger partial charge in [-0.25, -0.2) is 0 Å². The lowest BCUT2D eigenvalue weighted by Gasteiger charge is -2.48. The molecule has 0 fully saturated rings. The molecule has 4 aromatic rings. The minimum absolute atomic E-state index is 0.0190. The average Bonchev–Trinajstić information content (AvgIpc) is 3.45. The highest BCUT2D eigenvalue weighted by Gasteiger charge is 2.56. The van der Waals surface area contributed by atoms with E-state index in [9.17, 15) is 10.2 Å². The lowest BCUT2D eigenvalue weighted by Crippen LogP contribution is -2.46. The molecule has 0 spiro atoms. The van der Waals surface area contributed by atoms with E-state index in [2.05, 4.69) is 111 Å². The van der Waals surface area contributed by atoms with Gasteiger partial charge in [-0.1, -0.05) is 111 Å². The molecule has 0 saturated heterocycles. The fourth-order valence-corrected chi connectivity index (χ4v) is 8.69. The van der Waals surface area contributed by atoms with Crippen LogP contribution in [-0.4, -0.2) is 50.9 Å². The van der Waals surface area contributed by atoms with Crippen LogP contribution in [-0.2, 0) is 20.3 Å². The highest BCUT2D eigenvalue weighted by Crippen LogP contribution is 2.64. The summed E-state index contributed by atoms with van der Waals surface area (Å²) in [6.45, 7) is 5.24. The highest BCUT2D eigenvalue weighted by atomic mass is 16.5. The predicted molar refractivity (Wildman–Crippen MR) is 173 cm³/mol. The molecule has 0 bridgehead atoms. The fraction of sp³-hybridized carbons (Fsp3) is 0.385. The van der Waals surface area contributed by atoms with Crippen molar-refractivity contribution in [3.63, 3.8) is 0 Å². The first-order chi connectivity index (χ1) is 20.8. The number of aliphatic hydroxyl groups is 2. The predicted octanol–water partition coefficient (Wildman–Crippen LogP) is 7.38. The second kappa shape index (κ2) is 11.3. The van der Waals surface area contributed by atoms with Gasteiger partial charge in [0, 0.05) is 35.9 Å². The van der Waals surface area contributed by atoms with Crippen LogP contribution >= 0.6 is 0 Å². The topological polar surface area (TPSA) is 58.9 Å². The molecule has 2 unspecified atom stereocenters. The minimum atomic E-state index is -0.481. The van der Waals surface area contributed by atoms with Gasteiger partial charge in [0.15, 0.2) is 0 Å². The van der Waals surface area contributed by atoms with Crippen molar-refractivity contribution >= 4 is 0 Å². The van der Waals surface area contributed by atoms with E-state index >= 15 is 0 Å². The summed E-state index contributed by atoms with van der Waals surface area (Å²) < 4.78 is 11.5. The number of benzene rings is 4. The average molecular weight is 577 g/mol. The second-order valence-electron chi connectivity index (χ2n) is 13.7. The van der Waals surface area contributed by atoms with Crippen LogP contribution in [0.3, 0.4) is 0 Å². The van der Waals surface area contributed by atoms with Crippen molar-refractivity contribution in [2.75, 3.05) is 40.6 Å². The summed E-state index contributed by atoms with van der Waals surface area (Å²) in [6.07, 6.45) is 2.20. The Labute approximate surface area is 256 Å². The molecule has 6 rings (SSSR count). The number of hydrogen-bond donors (Lipinski definition) is 2. The molecule has 2 aliphatic rings. The Bertz CT molecular complexity index is 1400. The van der Waals surface area contributed by atoms with Gasteiger partial charge < -0.3 is 19.7 Å². The van der Waals surface area contributed by atoms with Crippen LogP contribution in [0.15, 0.2) is 97.1 Å². The quantitative estimate of drug-likeness (QED) is 0.185. The van der Waals surface area contributed by atoms with Crippen molar-refractivity contribution in [3.8, 4) is 22.3 Å². The molecule has 2 N–H and O–H groups in total. The van der Waals surface area contributed by atoms with Gasteiger partial charge in [0.1, 0.15) is 0 Å². The summed E-state index contributed by atoms with van der Waals surface area (Å²) >= 11 is 0. The number of fused-ring (bicyclic) bond motifs is 6. The maximum Gasteiger partial charge on any atom is 0.0538 e. The number of methoxy groups -OCH3 is 2. The van der Waals surface area contributed by atoms with Crippen molar-refractivity contribution in [2.24, 2.45) is 10.8 Å². The van der Waals surface area contributed by atoms with Crippen LogP contribution in [0.1, 0.15) is 55.4 Å². The third-order valence-corrected chi connectivity index (χ3v) is 10.2. The Morgan fingerprint density at radius 3 is 1.05 bits per heavy atom. The molecule has 4 nitrogen and oxygen atoms in total. The molecule has 0 saturated carbocycles. The Balaban J connectivity index is 1.68.